The summed E-state index contributed by atoms with van der Waals surface area (Å²) in [6, 6.07) is 16.1. The van der Waals surface area contributed by atoms with Crippen molar-refractivity contribution in [1.82, 2.24) is 14.5 Å². The number of rotatable bonds is 12. The van der Waals surface area contributed by atoms with Gasteiger partial charge in [0, 0.05) is 55.4 Å². The molecule has 0 atom stereocenters. The number of phenols is 1. The zero-order chi connectivity index (χ0) is 30.8. The molecule has 0 saturated heterocycles. The Labute approximate surface area is 259 Å². The van der Waals surface area contributed by atoms with Crippen LogP contribution in [0.5, 0.6) is 5.75 Å². The van der Waals surface area contributed by atoms with Crippen molar-refractivity contribution in [2.24, 2.45) is 7.05 Å². The van der Waals surface area contributed by atoms with Crippen molar-refractivity contribution >= 4 is 29.9 Å². The molecule has 0 fully saturated rings. The molecule has 6 nitrogen and oxygen atoms in total. The van der Waals surface area contributed by atoms with E-state index in [1.165, 1.54) is 21.3 Å². The van der Waals surface area contributed by atoms with Gasteiger partial charge in [0.25, 0.3) is 0 Å². The third-order valence-electron chi connectivity index (χ3n) is 6.96. The lowest BCUT2D eigenvalue weighted by atomic mass is 9.96. The monoisotopic (exact) mass is 612 g/mol. The topological polar surface area (TPSA) is 62.4 Å². The van der Waals surface area contributed by atoms with E-state index in [-0.39, 0.29) is 11.4 Å². The largest absolute Gasteiger partial charge is 0.507 e. The normalized spacial score (nSPS) is 11.0. The van der Waals surface area contributed by atoms with Gasteiger partial charge in [-0.15, -0.1) is 0 Å². The molecule has 4 aromatic rings. The highest BCUT2D eigenvalue weighted by Crippen LogP contribution is 2.41. The Morgan fingerprint density at radius 2 is 1.69 bits per heavy atom. The zero-order valence-corrected chi connectivity index (χ0v) is 26.7. The van der Waals surface area contributed by atoms with Gasteiger partial charge in [-0.2, -0.15) is 12.6 Å². The minimum atomic E-state index is -0.462. The molecule has 0 radical (unpaired) electrons. The molecule has 0 aliphatic heterocycles. The van der Waals surface area contributed by atoms with Gasteiger partial charge in [0.05, 0.1) is 10.7 Å². The highest BCUT2D eigenvalue weighted by atomic mass is 35.5. The van der Waals surface area contributed by atoms with Crippen LogP contribution in [-0.4, -0.2) is 46.2 Å². The fraction of sp³-hybridized carbons (Fsp3) is 0.364. The van der Waals surface area contributed by atoms with E-state index in [4.69, 9.17) is 11.6 Å². The van der Waals surface area contributed by atoms with Gasteiger partial charge in [-0.3, -0.25) is 4.57 Å². The number of aromatic hydroxyl groups is 1. The number of aromatic nitrogens is 2. The van der Waals surface area contributed by atoms with E-state index in [1.54, 1.807) is 43.9 Å². The van der Waals surface area contributed by atoms with Gasteiger partial charge >= 0.3 is 5.69 Å². The zero-order valence-electron chi connectivity index (χ0n) is 25.1. The van der Waals surface area contributed by atoms with E-state index in [1.807, 2.05) is 18.2 Å². The van der Waals surface area contributed by atoms with Crippen LogP contribution in [0.15, 0.2) is 71.8 Å². The van der Waals surface area contributed by atoms with Crippen LogP contribution in [0, 0.1) is 5.82 Å². The number of benzene rings is 3. The minimum Gasteiger partial charge on any atom is -0.507 e. The number of thiol groups is 1. The maximum absolute atomic E-state index is 14.9. The Morgan fingerprint density at radius 3 is 2.29 bits per heavy atom. The molecule has 3 aromatic carbocycles. The van der Waals surface area contributed by atoms with Crippen LogP contribution in [-0.2, 0) is 7.05 Å². The third kappa shape index (κ3) is 8.21. The highest BCUT2D eigenvalue weighted by molar-refractivity contribution is 7.79. The number of aryl methyl sites for hydroxylation is 1. The van der Waals surface area contributed by atoms with Crippen LogP contribution in [0.25, 0.3) is 27.9 Å². The number of halogens is 2. The Morgan fingerprint density at radius 1 is 1.00 bits per heavy atom. The number of phenolic OH excluding ortho intramolecular Hbond substituents is 1. The van der Waals surface area contributed by atoms with Crippen LogP contribution < -0.4 is 15.9 Å². The maximum atomic E-state index is 14.9. The minimum absolute atomic E-state index is 0.0268. The Balaban J connectivity index is 0.00000237. The molecular formula is C33H42ClFN4O2S. The second-order valence-electron chi connectivity index (χ2n) is 10.4. The lowest BCUT2D eigenvalue weighted by molar-refractivity contribution is 0.477. The molecule has 0 bridgehead atoms. The van der Waals surface area contributed by atoms with Crippen molar-refractivity contribution in [3.8, 4) is 33.7 Å². The van der Waals surface area contributed by atoms with Gasteiger partial charge in [-0.05, 0) is 79.6 Å². The van der Waals surface area contributed by atoms with Crippen LogP contribution >= 0.6 is 24.2 Å². The van der Waals surface area contributed by atoms with E-state index in [9.17, 15) is 14.3 Å². The predicted molar refractivity (Wildman–Crippen MR) is 178 cm³/mol. The summed E-state index contributed by atoms with van der Waals surface area (Å²) in [5, 5.41) is 15.1. The first-order valence-electron chi connectivity index (χ1n) is 14.3. The lowest BCUT2D eigenvalue weighted by Gasteiger charge is -2.25. The van der Waals surface area contributed by atoms with E-state index in [0.717, 1.165) is 50.1 Å². The molecule has 1 heterocycles. The first-order valence-corrected chi connectivity index (χ1v) is 15.6. The molecule has 0 saturated carbocycles. The van der Waals surface area contributed by atoms with Crippen LogP contribution in [0.2, 0.25) is 5.02 Å². The third-order valence-corrected chi connectivity index (χ3v) is 7.27. The number of anilines is 1. The Hall–Kier alpha value is -3.20. The molecule has 0 aliphatic rings. The van der Waals surface area contributed by atoms with Gasteiger partial charge < -0.3 is 19.9 Å². The molecule has 226 valence electrons. The Kier molecular flexibility index (Phi) is 12.6. The van der Waals surface area contributed by atoms with E-state index >= 15 is 0 Å². The van der Waals surface area contributed by atoms with Crippen LogP contribution in [0.1, 0.15) is 40.0 Å². The highest BCUT2D eigenvalue weighted by Gasteiger charge is 2.17. The first kappa shape index (κ1) is 33.3. The molecule has 0 aliphatic carbocycles. The quantitative estimate of drug-likeness (QED) is 0.114. The van der Waals surface area contributed by atoms with E-state index < -0.39 is 5.82 Å². The molecule has 0 spiro atoms. The molecule has 1 aromatic heterocycles. The smallest absolute Gasteiger partial charge is 0.332 e. The molecule has 9 heteroatoms. The number of hydrogen-bond acceptors (Lipinski definition) is 5. The van der Waals surface area contributed by atoms with E-state index in [0.29, 0.717) is 33.4 Å². The maximum Gasteiger partial charge on any atom is 0.332 e. The lowest BCUT2D eigenvalue weighted by Crippen LogP contribution is -2.27. The SMILES string of the molecule is CCCN(CCCCNC(C)C)c1cccc(-c2cc(F)cc(-c3ccc(-n4ccn(C)c4=O)c(Cl)c3)c2O)c1.CS. The average Bonchev–Trinajstić information content (AvgIpc) is 3.31. The first-order chi connectivity index (χ1) is 20.2. The van der Waals surface area contributed by atoms with Crippen LogP contribution in [0.3, 0.4) is 0 Å². The van der Waals surface area contributed by atoms with Gasteiger partial charge in [0.15, 0.2) is 0 Å². The van der Waals surface area contributed by atoms with Gasteiger partial charge in [-0.25, -0.2) is 9.18 Å². The molecular weight excluding hydrogens is 571 g/mol. The fourth-order valence-corrected chi connectivity index (χ4v) is 5.16. The summed E-state index contributed by atoms with van der Waals surface area (Å²) in [6.07, 6.45) is 8.14. The van der Waals surface area contributed by atoms with Crippen molar-refractivity contribution < 1.29 is 9.50 Å². The van der Waals surface area contributed by atoms with Gasteiger partial charge in [0.1, 0.15) is 11.6 Å². The van der Waals surface area contributed by atoms with Crippen molar-refractivity contribution in [2.75, 3.05) is 30.8 Å². The number of unbranched alkanes of at least 4 members (excludes halogenated alkanes) is 1. The summed E-state index contributed by atoms with van der Waals surface area (Å²) >= 11 is 10.1. The molecule has 2 N–H and O–H groups in total. The second-order valence-corrected chi connectivity index (χ2v) is 10.8. The molecule has 0 unspecified atom stereocenters. The fourth-order valence-electron chi connectivity index (χ4n) is 4.89. The summed E-state index contributed by atoms with van der Waals surface area (Å²) in [5.41, 5.74) is 3.35. The number of imidazole rings is 1. The summed E-state index contributed by atoms with van der Waals surface area (Å²) in [5.74, 6) is -0.489. The van der Waals surface area contributed by atoms with Crippen molar-refractivity contribution in [3.63, 3.8) is 0 Å². The van der Waals surface area contributed by atoms with Crippen molar-refractivity contribution in [2.45, 2.75) is 46.1 Å². The number of hydrogen-bond donors (Lipinski definition) is 3. The Bertz CT molecular complexity index is 1520. The second kappa shape index (κ2) is 15.9. The summed E-state index contributed by atoms with van der Waals surface area (Å²) in [7, 11) is 1.66. The van der Waals surface area contributed by atoms with Gasteiger partial charge in [-0.1, -0.05) is 50.6 Å². The van der Waals surface area contributed by atoms with Crippen molar-refractivity contribution in [3.05, 3.63) is 88.3 Å². The summed E-state index contributed by atoms with van der Waals surface area (Å²) in [6.45, 7) is 9.29. The summed E-state index contributed by atoms with van der Waals surface area (Å²) < 4.78 is 17.8. The number of nitrogens with one attached hydrogen (secondary N) is 1. The molecule has 42 heavy (non-hydrogen) atoms. The molecule has 4 rings (SSSR count). The van der Waals surface area contributed by atoms with E-state index in [2.05, 4.69) is 49.7 Å². The van der Waals surface area contributed by atoms with Crippen LogP contribution in [0.4, 0.5) is 10.1 Å². The predicted octanol–water partition coefficient (Wildman–Crippen LogP) is 7.55. The van der Waals surface area contributed by atoms with Crippen molar-refractivity contribution in [1.29, 1.82) is 0 Å². The average molecular weight is 613 g/mol. The molecule has 0 amide bonds. The standard InChI is InChI=1S/C32H38ClFN4O2.CH4S/c1-5-14-37(15-7-6-13-35-22(2)3)26-10-8-9-23(18-26)27-20-25(34)21-28(31(27)39)24-11-12-30(29(33)19-24)38-17-16-36(4)32(38)40;1-2/h8-12,16-22,35,39H,5-7,13-15H2,1-4H3;2H,1H3. The number of nitrogens with zero attached hydrogens (tertiary/aromatic N) is 3. The van der Waals surface area contributed by atoms with Gasteiger partial charge in [0.2, 0.25) is 0 Å². The summed E-state index contributed by atoms with van der Waals surface area (Å²) in [4.78, 5) is 14.7.